The van der Waals surface area contributed by atoms with Crippen LogP contribution in [-0.4, -0.2) is 26.5 Å². The number of ketones is 1. The first-order valence-electron chi connectivity index (χ1n) is 8.74. The molecule has 0 aliphatic carbocycles. The zero-order valence-electron chi connectivity index (χ0n) is 15.0. The number of hydrogen-bond acceptors (Lipinski definition) is 4. The Bertz CT molecular complexity index is 1040. The van der Waals surface area contributed by atoms with E-state index in [1.807, 2.05) is 60.7 Å². The maximum absolute atomic E-state index is 13.1. The maximum atomic E-state index is 13.1. The highest BCUT2D eigenvalue weighted by atomic mass is 16.4. The molecule has 28 heavy (non-hydrogen) atoms. The minimum absolute atomic E-state index is 0.146. The Morgan fingerprint density at radius 2 is 1.46 bits per heavy atom. The van der Waals surface area contributed by atoms with Gasteiger partial charge in [-0.2, -0.15) is 0 Å². The Hall–Kier alpha value is -3.67. The summed E-state index contributed by atoms with van der Waals surface area (Å²) in [6.45, 7) is 0. The van der Waals surface area contributed by atoms with Gasteiger partial charge in [0.05, 0.1) is 12.2 Å². The van der Waals surface area contributed by atoms with Crippen LogP contribution >= 0.6 is 0 Å². The summed E-state index contributed by atoms with van der Waals surface area (Å²) in [4.78, 5) is 36.3. The highest BCUT2D eigenvalue weighted by Gasteiger charge is 2.23. The number of rotatable bonds is 7. The summed E-state index contributed by atoms with van der Waals surface area (Å²) in [5, 5.41) is 19.2. The summed E-state index contributed by atoms with van der Waals surface area (Å²) in [7, 11) is 0. The summed E-state index contributed by atoms with van der Waals surface area (Å²) in [6, 6.07) is 17.7. The SMILES string of the molecule is O=C(O)c1cn([C@@H](Cc2ccccc2)C(=O)Cc2ccccc2)cc(O)c1=O. The van der Waals surface area contributed by atoms with E-state index in [9.17, 15) is 24.6 Å². The van der Waals surface area contributed by atoms with Crippen LogP contribution in [0, 0.1) is 0 Å². The average Bonchev–Trinajstić information content (AvgIpc) is 2.69. The molecule has 0 aliphatic rings. The van der Waals surface area contributed by atoms with Crippen LogP contribution in [0.1, 0.15) is 27.5 Å². The fourth-order valence-corrected chi connectivity index (χ4v) is 3.05. The van der Waals surface area contributed by atoms with Crippen molar-refractivity contribution in [1.82, 2.24) is 4.57 Å². The molecule has 2 aromatic carbocycles. The Morgan fingerprint density at radius 1 is 0.893 bits per heavy atom. The number of hydrogen-bond donors (Lipinski definition) is 2. The minimum Gasteiger partial charge on any atom is -0.503 e. The Balaban J connectivity index is 2.02. The molecule has 1 heterocycles. The van der Waals surface area contributed by atoms with Gasteiger partial charge in [0.2, 0.25) is 5.43 Å². The lowest BCUT2D eigenvalue weighted by molar-refractivity contribution is -0.121. The van der Waals surface area contributed by atoms with Crippen molar-refractivity contribution in [1.29, 1.82) is 0 Å². The molecule has 0 fully saturated rings. The van der Waals surface area contributed by atoms with Gasteiger partial charge < -0.3 is 14.8 Å². The molecular formula is C22H19NO5. The molecular weight excluding hydrogens is 358 g/mol. The lowest BCUT2D eigenvalue weighted by atomic mass is 9.97. The van der Waals surface area contributed by atoms with E-state index in [0.29, 0.717) is 6.42 Å². The van der Waals surface area contributed by atoms with Crippen LogP contribution in [0.25, 0.3) is 0 Å². The van der Waals surface area contributed by atoms with Crippen molar-refractivity contribution in [2.75, 3.05) is 0 Å². The monoisotopic (exact) mass is 377 g/mol. The largest absolute Gasteiger partial charge is 0.503 e. The molecule has 0 aliphatic heterocycles. The molecule has 3 rings (SSSR count). The van der Waals surface area contributed by atoms with Crippen molar-refractivity contribution in [2.45, 2.75) is 18.9 Å². The number of Topliss-reactive ketones (excluding diaryl/α,β-unsaturated/α-hetero) is 1. The van der Waals surface area contributed by atoms with Crippen LogP contribution in [0.2, 0.25) is 0 Å². The third-order valence-corrected chi connectivity index (χ3v) is 4.48. The van der Waals surface area contributed by atoms with Gasteiger partial charge >= 0.3 is 5.97 Å². The average molecular weight is 377 g/mol. The molecule has 142 valence electrons. The van der Waals surface area contributed by atoms with Gasteiger partial charge in [0.15, 0.2) is 11.5 Å². The Morgan fingerprint density at radius 3 is 2.04 bits per heavy atom. The van der Waals surface area contributed by atoms with E-state index < -0.39 is 28.8 Å². The first-order chi connectivity index (χ1) is 13.5. The molecule has 0 saturated carbocycles. The van der Waals surface area contributed by atoms with Gasteiger partial charge in [-0.05, 0) is 11.1 Å². The zero-order chi connectivity index (χ0) is 20.1. The predicted molar refractivity (Wildman–Crippen MR) is 104 cm³/mol. The highest BCUT2D eigenvalue weighted by Crippen LogP contribution is 2.20. The van der Waals surface area contributed by atoms with Crippen LogP contribution in [0.15, 0.2) is 77.9 Å². The van der Waals surface area contributed by atoms with Crippen molar-refractivity contribution >= 4 is 11.8 Å². The second-order valence-corrected chi connectivity index (χ2v) is 6.47. The number of carbonyl (C=O) groups is 2. The number of aromatic carboxylic acids is 1. The normalized spacial score (nSPS) is 11.7. The predicted octanol–water partition coefficient (Wildman–Crippen LogP) is 2.85. The van der Waals surface area contributed by atoms with Crippen LogP contribution < -0.4 is 5.43 Å². The maximum Gasteiger partial charge on any atom is 0.341 e. The van der Waals surface area contributed by atoms with Gasteiger partial charge in [0, 0.05) is 19.0 Å². The minimum atomic E-state index is -1.45. The molecule has 0 amide bonds. The smallest absolute Gasteiger partial charge is 0.341 e. The third kappa shape index (κ3) is 4.35. The van der Waals surface area contributed by atoms with Crippen LogP contribution in [-0.2, 0) is 17.6 Å². The van der Waals surface area contributed by atoms with Crippen molar-refractivity contribution in [3.05, 3.63) is 100.0 Å². The van der Waals surface area contributed by atoms with Crippen molar-refractivity contribution in [3.63, 3.8) is 0 Å². The zero-order valence-corrected chi connectivity index (χ0v) is 15.0. The van der Waals surface area contributed by atoms with Gasteiger partial charge in [-0.1, -0.05) is 60.7 Å². The third-order valence-electron chi connectivity index (χ3n) is 4.48. The fourth-order valence-electron chi connectivity index (χ4n) is 3.05. The number of aromatic nitrogens is 1. The second kappa shape index (κ2) is 8.35. The van der Waals surface area contributed by atoms with Gasteiger partial charge in [0.1, 0.15) is 5.56 Å². The van der Waals surface area contributed by atoms with Gasteiger partial charge in [-0.3, -0.25) is 9.59 Å². The molecule has 0 bridgehead atoms. The second-order valence-electron chi connectivity index (χ2n) is 6.47. The first kappa shape index (κ1) is 19.1. The van der Waals surface area contributed by atoms with Crippen molar-refractivity contribution in [2.24, 2.45) is 0 Å². The number of aromatic hydroxyl groups is 1. The number of carbonyl (C=O) groups excluding carboxylic acids is 1. The van der Waals surface area contributed by atoms with E-state index in [-0.39, 0.29) is 12.2 Å². The van der Waals surface area contributed by atoms with E-state index in [1.165, 1.54) is 4.57 Å². The molecule has 0 saturated heterocycles. The van der Waals surface area contributed by atoms with E-state index in [2.05, 4.69) is 0 Å². The molecule has 6 heteroatoms. The summed E-state index contributed by atoms with van der Waals surface area (Å²) in [6.07, 6.45) is 2.67. The van der Waals surface area contributed by atoms with Crippen LogP contribution in [0.5, 0.6) is 5.75 Å². The Labute approximate surface area is 161 Å². The lowest BCUT2D eigenvalue weighted by Gasteiger charge is -2.20. The molecule has 6 nitrogen and oxygen atoms in total. The van der Waals surface area contributed by atoms with Crippen LogP contribution in [0.3, 0.4) is 0 Å². The first-order valence-corrected chi connectivity index (χ1v) is 8.74. The van der Waals surface area contributed by atoms with Crippen molar-refractivity contribution in [3.8, 4) is 5.75 Å². The molecule has 1 aromatic heterocycles. The molecule has 0 radical (unpaired) electrons. The van der Waals surface area contributed by atoms with E-state index in [4.69, 9.17) is 0 Å². The lowest BCUT2D eigenvalue weighted by Crippen LogP contribution is -2.26. The topological polar surface area (TPSA) is 96.6 Å². The van der Waals surface area contributed by atoms with Gasteiger partial charge in [-0.15, -0.1) is 0 Å². The highest BCUT2D eigenvalue weighted by molar-refractivity contribution is 5.88. The van der Waals surface area contributed by atoms with Gasteiger partial charge in [0.25, 0.3) is 0 Å². The molecule has 0 unspecified atom stereocenters. The van der Waals surface area contributed by atoms with Crippen molar-refractivity contribution < 1.29 is 19.8 Å². The van der Waals surface area contributed by atoms with E-state index in [1.54, 1.807) is 0 Å². The van der Waals surface area contributed by atoms with E-state index >= 15 is 0 Å². The molecule has 0 spiro atoms. The van der Waals surface area contributed by atoms with E-state index in [0.717, 1.165) is 23.5 Å². The summed E-state index contributed by atoms with van der Waals surface area (Å²) in [5.41, 5.74) is 0.154. The Kier molecular flexibility index (Phi) is 5.69. The number of pyridine rings is 1. The number of benzene rings is 2. The van der Waals surface area contributed by atoms with Crippen LogP contribution in [0.4, 0.5) is 0 Å². The number of carboxylic acid groups (broad SMARTS) is 1. The number of carboxylic acids is 1. The van der Waals surface area contributed by atoms with Gasteiger partial charge in [-0.25, -0.2) is 4.79 Å². The fraction of sp³-hybridized carbons (Fsp3) is 0.136. The molecule has 2 N–H and O–H groups in total. The quantitative estimate of drug-likeness (QED) is 0.660. The standard InChI is InChI=1S/C22H19NO5/c24-19(12-16-9-5-2-6-10-16)18(11-15-7-3-1-4-8-15)23-13-17(22(27)28)21(26)20(25)14-23/h1-10,13-14,18,25H,11-12H2,(H,27,28)/t18-/m0/s1. The summed E-state index contributed by atoms with van der Waals surface area (Å²) >= 11 is 0. The molecule has 3 aromatic rings. The number of nitrogens with zero attached hydrogens (tertiary/aromatic N) is 1. The summed E-state index contributed by atoms with van der Waals surface area (Å²) < 4.78 is 1.32. The molecule has 1 atom stereocenters. The summed E-state index contributed by atoms with van der Waals surface area (Å²) in [5.74, 6) is -2.32.